The van der Waals surface area contributed by atoms with Crippen LogP contribution in [0.5, 0.6) is 0 Å². The van der Waals surface area contributed by atoms with Crippen molar-refractivity contribution in [1.82, 2.24) is 19.7 Å². The molecule has 0 unspecified atom stereocenters. The fourth-order valence-corrected chi connectivity index (χ4v) is 4.61. The van der Waals surface area contributed by atoms with Crippen molar-refractivity contribution in [1.29, 1.82) is 5.26 Å². The zero-order valence-electron chi connectivity index (χ0n) is 15.6. The molecule has 0 radical (unpaired) electrons. The Morgan fingerprint density at radius 2 is 1.90 bits per heavy atom. The predicted molar refractivity (Wildman–Crippen MR) is 116 cm³/mol. The molecular formula is C21H17N5OS2. The molecule has 2 aromatic heterocycles. The van der Waals surface area contributed by atoms with Crippen molar-refractivity contribution in [3.05, 3.63) is 76.8 Å². The number of benzene rings is 2. The maximum atomic E-state index is 10.5. The smallest absolute Gasteiger partial charge is 0.191 e. The Morgan fingerprint density at radius 1 is 1.14 bits per heavy atom. The molecule has 144 valence electrons. The molecule has 4 aromatic rings. The van der Waals surface area contributed by atoms with Gasteiger partial charge in [-0.3, -0.25) is 0 Å². The molecule has 0 saturated heterocycles. The summed E-state index contributed by atoms with van der Waals surface area (Å²) >= 11 is 2.73. The van der Waals surface area contributed by atoms with E-state index in [0.717, 1.165) is 21.6 Å². The molecule has 0 fully saturated rings. The van der Waals surface area contributed by atoms with Crippen LogP contribution >= 0.6 is 23.1 Å². The van der Waals surface area contributed by atoms with Crippen LogP contribution in [0, 0.1) is 11.3 Å². The molecule has 2 heterocycles. The molecule has 0 spiro atoms. The van der Waals surface area contributed by atoms with Crippen LogP contribution in [0.1, 0.15) is 16.4 Å². The first kappa shape index (κ1) is 19.2. The Kier molecular flexibility index (Phi) is 5.60. The van der Waals surface area contributed by atoms with Crippen molar-refractivity contribution >= 4 is 38.9 Å². The van der Waals surface area contributed by atoms with Crippen LogP contribution in [-0.4, -0.2) is 30.6 Å². The number of aliphatic hydroxyl groups excluding tert-OH is 1. The van der Waals surface area contributed by atoms with Gasteiger partial charge in [0.15, 0.2) is 5.16 Å². The van der Waals surface area contributed by atoms with Crippen molar-refractivity contribution in [3.63, 3.8) is 0 Å². The molecule has 4 rings (SSSR count). The third kappa shape index (κ3) is 4.16. The summed E-state index contributed by atoms with van der Waals surface area (Å²) in [6.45, 7) is 0. The van der Waals surface area contributed by atoms with Gasteiger partial charge in [-0.05, 0) is 17.7 Å². The van der Waals surface area contributed by atoms with E-state index in [-0.39, 0.29) is 17.1 Å². The maximum Gasteiger partial charge on any atom is 0.191 e. The molecule has 0 atom stereocenters. The Balaban J connectivity index is 1.51. The minimum Gasteiger partial charge on any atom is -0.510 e. The van der Waals surface area contributed by atoms with Gasteiger partial charge in [0.2, 0.25) is 0 Å². The number of nitrogens with zero attached hydrogens (tertiary/aromatic N) is 5. The van der Waals surface area contributed by atoms with Gasteiger partial charge in [-0.25, -0.2) is 4.98 Å². The van der Waals surface area contributed by atoms with Crippen LogP contribution < -0.4 is 0 Å². The molecule has 0 aliphatic carbocycles. The highest BCUT2D eigenvalue weighted by atomic mass is 32.2. The first-order valence-electron chi connectivity index (χ1n) is 8.89. The minimum absolute atomic E-state index is 0.0100. The number of allylic oxidation sites excluding steroid dienone is 1. The van der Waals surface area contributed by atoms with Crippen LogP contribution in [0.25, 0.3) is 15.8 Å². The van der Waals surface area contributed by atoms with Gasteiger partial charge in [0.05, 0.1) is 16.0 Å². The van der Waals surface area contributed by atoms with Crippen LogP contribution in [0.3, 0.4) is 0 Å². The third-order valence-electron chi connectivity index (χ3n) is 4.38. The third-order valence-corrected chi connectivity index (χ3v) is 6.46. The number of para-hydroxylation sites is 1. The fourth-order valence-electron chi connectivity index (χ4n) is 2.82. The van der Waals surface area contributed by atoms with E-state index in [9.17, 15) is 10.4 Å². The summed E-state index contributed by atoms with van der Waals surface area (Å²) in [6, 6.07) is 19.8. The van der Waals surface area contributed by atoms with E-state index < -0.39 is 0 Å². The topological polar surface area (TPSA) is 87.6 Å². The number of hydrogen-bond acceptors (Lipinski definition) is 7. The van der Waals surface area contributed by atoms with Gasteiger partial charge in [0, 0.05) is 13.5 Å². The molecular weight excluding hydrogens is 402 g/mol. The molecule has 8 heteroatoms. The molecule has 29 heavy (non-hydrogen) atoms. The number of fused-ring (bicyclic) bond motifs is 1. The van der Waals surface area contributed by atoms with Gasteiger partial charge in [0.1, 0.15) is 28.2 Å². The average molecular weight is 420 g/mol. The van der Waals surface area contributed by atoms with Crippen molar-refractivity contribution in [2.75, 3.05) is 5.75 Å². The Hall–Kier alpha value is -3.15. The van der Waals surface area contributed by atoms with E-state index in [0.29, 0.717) is 16.6 Å². The lowest BCUT2D eigenvalue weighted by atomic mass is 10.1. The Morgan fingerprint density at radius 3 is 2.66 bits per heavy atom. The predicted octanol–water partition coefficient (Wildman–Crippen LogP) is 4.60. The molecule has 0 bridgehead atoms. The van der Waals surface area contributed by atoms with E-state index in [2.05, 4.69) is 21.3 Å². The van der Waals surface area contributed by atoms with E-state index in [1.165, 1.54) is 23.1 Å². The normalized spacial score (nSPS) is 12.0. The zero-order valence-corrected chi connectivity index (χ0v) is 17.2. The standard InChI is InChI=1S/C21H17N5OS2/c1-26-19(11-14-7-3-2-4-8-14)24-25-21(26)28-13-17(27)15(12-22)20-23-16-9-5-6-10-18(16)29-20/h2-10,27H,11,13H2,1H3/b17-15-. The van der Waals surface area contributed by atoms with Crippen LogP contribution in [0.2, 0.25) is 0 Å². The summed E-state index contributed by atoms with van der Waals surface area (Å²) in [4.78, 5) is 4.46. The van der Waals surface area contributed by atoms with Gasteiger partial charge >= 0.3 is 0 Å². The highest BCUT2D eigenvalue weighted by Gasteiger charge is 2.16. The summed E-state index contributed by atoms with van der Waals surface area (Å²) in [5.74, 6) is 1.05. The molecule has 6 nitrogen and oxygen atoms in total. The lowest BCUT2D eigenvalue weighted by Crippen LogP contribution is -2.01. The van der Waals surface area contributed by atoms with Gasteiger partial charge in [0.25, 0.3) is 0 Å². The summed E-state index contributed by atoms with van der Waals surface area (Å²) < 4.78 is 2.89. The van der Waals surface area contributed by atoms with Crippen molar-refractivity contribution in [2.24, 2.45) is 7.05 Å². The summed E-state index contributed by atoms with van der Waals surface area (Å²) in [5, 5.41) is 29.8. The second-order valence-electron chi connectivity index (χ2n) is 6.33. The second kappa shape index (κ2) is 8.47. The highest BCUT2D eigenvalue weighted by Crippen LogP contribution is 2.29. The second-order valence-corrected chi connectivity index (χ2v) is 8.30. The van der Waals surface area contributed by atoms with E-state index in [4.69, 9.17) is 0 Å². The molecule has 0 aliphatic heterocycles. The number of thioether (sulfide) groups is 1. The van der Waals surface area contributed by atoms with Crippen LogP contribution in [0.4, 0.5) is 0 Å². The maximum absolute atomic E-state index is 10.5. The van der Waals surface area contributed by atoms with Gasteiger partial charge in [-0.1, -0.05) is 54.2 Å². The van der Waals surface area contributed by atoms with Gasteiger partial charge in [-0.2, -0.15) is 5.26 Å². The van der Waals surface area contributed by atoms with Crippen molar-refractivity contribution < 1.29 is 5.11 Å². The van der Waals surface area contributed by atoms with Gasteiger partial charge < -0.3 is 9.67 Å². The molecule has 1 N–H and O–H groups in total. The number of aromatic nitrogens is 4. The highest BCUT2D eigenvalue weighted by molar-refractivity contribution is 7.99. The number of thiazole rings is 1. The van der Waals surface area contributed by atoms with E-state index in [1.807, 2.05) is 66.2 Å². The van der Waals surface area contributed by atoms with Crippen molar-refractivity contribution in [3.8, 4) is 6.07 Å². The van der Waals surface area contributed by atoms with E-state index in [1.54, 1.807) is 0 Å². The van der Waals surface area contributed by atoms with Crippen molar-refractivity contribution in [2.45, 2.75) is 11.6 Å². The first-order chi connectivity index (χ1) is 14.2. The number of aliphatic hydroxyl groups is 1. The number of rotatable bonds is 6. The quantitative estimate of drug-likeness (QED) is 0.279. The Bertz CT molecular complexity index is 1190. The summed E-state index contributed by atoms with van der Waals surface area (Å²) in [7, 11) is 1.90. The van der Waals surface area contributed by atoms with Gasteiger partial charge in [-0.15, -0.1) is 21.5 Å². The first-order valence-corrected chi connectivity index (χ1v) is 10.7. The molecule has 0 amide bonds. The Labute approximate surface area is 176 Å². The minimum atomic E-state index is -0.0100. The summed E-state index contributed by atoms with van der Waals surface area (Å²) in [5.41, 5.74) is 2.18. The molecule has 2 aromatic carbocycles. The monoisotopic (exact) mass is 419 g/mol. The summed E-state index contributed by atoms with van der Waals surface area (Å²) in [6.07, 6.45) is 0.682. The molecule has 0 saturated carbocycles. The van der Waals surface area contributed by atoms with E-state index >= 15 is 0 Å². The van der Waals surface area contributed by atoms with Crippen LogP contribution in [-0.2, 0) is 13.5 Å². The average Bonchev–Trinajstić information content (AvgIpc) is 3.31. The van der Waals surface area contributed by atoms with Crippen LogP contribution in [0.15, 0.2) is 65.5 Å². The lowest BCUT2D eigenvalue weighted by molar-refractivity contribution is 0.420. The number of nitriles is 1. The fraction of sp³-hybridized carbons (Fsp3) is 0.143. The SMILES string of the molecule is Cn1c(Cc2ccccc2)nnc1SC/C(O)=C(\C#N)c1nc2ccccc2s1. The largest absolute Gasteiger partial charge is 0.510 e. The number of hydrogen-bond donors (Lipinski definition) is 1. The zero-order chi connectivity index (χ0) is 20.2. The lowest BCUT2D eigenvalue weighted by Gasteiger charge is -2.05. The molecule has 0 aliphatic rings.